The van der Waals surface area contributed by atoms with Crippen molar-refractivity contribution in [3.63, 3.8) is 0 Å². The van der Waals surface area contributed by atoms with Crippen molar-refractivity contribution in [3.05, 3.63) is 102 Å². The average Bonchev–Trinajstić information content (AvgIpc) is 2.68. The molecule has 0 saturated carbocycles. The van der Waals surface area contributed by atoms with E-state index in [1.165, 1.54) is 5.56 Å². The first kappa shape index (κ1) is 17.7. The van der Waals surface area contributed by atoms with Crippen LogP contribution in [0.4, 0.5) is 0 Å². The molecule has 0 heterocycles. The van der Waals surface area contributed by atoms with Crippen LogP contribution in [0.2, 0.25) is 0 Å². The fraction of sp³-hybridized carbons (Fsp3) is 0.174. The summed E-state index contributed by atoms with van der Waals surface area (Å²) in [7, 11) is 0. The number of amides is 1. The Morgan fingerprint density at radius 1 is 0.808 bits per heavy atom. The van der Waals surface area contributed by atoms with Crippen molar-refractivity contribution in [1.82, 2.24) is 5.32 Å². The van der Waals surface area contributed by atoms with Crippen LogP contribution in [-0.2, 0) is 4.79 Å². The van der Waals surface area contributed by atoms with Crippen molar-refractivity contribution >= 4 is 5.91 Å². The monoisotopic (exact) mass is 345 g/mol. The predicted molar refractivity (Wildman–Crippen MR) is 104 cm³/mol. The number of benzene rings is 3. The van der Waals surface area contributed by atoms with Crippen molar-refractivity contribution in [2.24, 2.45) is 0 Å². The number of nitrogens with one attached hydrogen (secondary N) is 1. The number of carbonyl (C=O) groups excluding carboxylic acids is 1. The summed E-state index contributed by atoms with van der Waals surface area (Å²) in [6.07, 6.45) is -0.589. The summed E-state index contributed by atoms with van der Waals surface area (Å²) in [4.78, 5) is 12.7. The van der Waals surface area contributed by atoms with Crippen LogP contribution in [-0.4, -0.2) is 12.0 Å². The molecule has 0 aliphatic rings. The largest absolute Gasteiger partial charge is 0.481 e. The van der Waals surface area contributed by atoms with E-state index in [0.29, 0.717) is 5.75 Å². The minimum absolute atomic E-state index is 0.150. The Bertz CT molecular complexity index is 829. The highest BCUT2D eigenvalue weighted by Crippen LogP contribution is 2.23. The highest BCUT2D eigenvalue weighted by Gasteiger charge is 2.21. The summed E-state index contributed by atoms with van der Waals surface area (Å²) in [6, 6.07) is 27.4. The van der Waals surface area contributed by atoms with Gasteiger partial charge in [0.25, 0.3) is 5.91 Å². The summed E-state index contributed by atoms with van der Waals surface area (Å²) < 4.78 is 5.76. The average molecular weight is 345 g/mol. The van der Waals surface area contributed by atoms with E-state index in [-0.39, 0.29) is 11.9 Å². The second-order valence-corrected chi connectivity index (χ2v) is 6.34. The number of ether oxygens (including phenoxy) is 1. The van der Waals surface area contributed by atoms with Gasteiger partial charge in [-0.3, -0.25) is 4.79 Å². The second-order valence-electron chi connectivity index (χ2n) is 6.34. The van der Waals surface area contributed by atoms with E-state index in [4.69, 9.17) is 4.74 Å². The Kier molecular flexibility index (Phi) is 5.69. The van der Waals surface area contributed by atoms with Crippen LogP contribution < -0.4 is 10.1 Å². The Morgan fingerprint density at radius 3 is 1.96 bits per heavy atom. The van der Waals surface area contributed by atoms with E-state index in [1.807, 2.05) is 60.7 Å². The molecule has 0 fully saturated rings. The van der Waals surface area contributed by atoms with Crippen molar-refractivity contribution in [1.29, 1.82) is 0 Å². The van der Waals surface area contributed by atoms with Gasteiger partial charge >= 0.3 is 0 Å². The second kappa shape index (κ2) is 8.34. The molecule has 0 aliphatic heterocycles. The van der Waals surface area contributed by atoms with Crippen LogP contribution >= 0.6 is 0 Å². The maximum atomic E-state index is 12.7. The number of para-hydroxylation sites is 1. The van der Waals surface area contributed by atoms with Gasteiger partial charge in [-0.15, -0.1) is 0 Å². The lowest BCUT2D eigenvalue weighted by molar-refractivity contribution is -0.127. The topological polar surface area (TPSA) is 38.3 Å². The van der Waals surface area contributed by atoms with Gasteiger partial charge in [0.15, 0.2) is 6.10 Å². The summed E-state index contributed by atoms with van der Waals surface area (Å²) >= 11 is 0. The smallest absolute Gasteiger partial charge is 0.261 e. The zero-order valence-corrected chi connectivity index (χ0v) is 15.1. The quantitative estimate of drug-likeness (QED) is 0.705. The van der Waals surface area contributed by atoms with Crippen LogP contribution in [0.5, 0.6) is 5.75 Å². The number of carbonyl (C=O) groups is 1. The van der Waals surface area contributed by atoms with Gasteiger partial charge in [-0.05, 0) is 37.1 Å². The molecule has 0 saturated heterocycles. The van der Waals surface area contributed by atoms with Gasteiger partial charge in [0.2, 0.25) is 0 Å². The van der Waals surface area contributed by atoms with Crippen molar-refractivity contribution in [3.8, 4) is 5.75 Å². The van der Waals surface area contributed by atoms with Gasteiger partial charge in [0.1, 0.15) is 5.75 Å². The molecule has 3 nitrogen and oxygen atoms in total. The minimum Gasteiger partial charge on any atom is -0.481 e. The van der Waals surface area contributed by atoms with Gasteiger partial charge in [-0.1, -0.05) is 78.4 Å². The fourth-order valence-corrected chi connectivity index (χ4v) is 2.78. The first-order valence-electron chi connectivity index (χ1n) is 8.77. The zero-order chi connectivity index (χ0) is 18.4. The first-order chi connectivity index (χ1) is 12.6. The molecule has 1 amide bonds. The van der Waals surface area contributed by atoms with Crippen molar-refractivity contribution in [2.45, 2.75) is 26.0 Å². The van der Waals surface area contributed by atoms with Crippen LogP contribution in [0, 0.1) is 6.92 Å². The summed E-state index contributed by atoms with van der Waals surface area (Å²) in [5.41, 5.74) is 3.27. The maximum Gasteiger partial charge on any atom is 0.261 e. The lowest BCUT2D eigenvalue weighted by atomic mass is 9.97. The third kappa shape index (κ3) is 4.51. The molecule has 26 heavy (non-hydrogen) atoms. The SMILES string of the molecule is Cc1ccc(C(NC(=O)C(C)Oc2ccccc2)c2ccccc2)cc1. The summed E-state index contributed by atoms with van der Waals surface area (Å²) in [5, 5.41) is 3.13. The van der Waals surface area contributed by atoms with Gasteiger partial charge in [0.05, 0.1) is 6.04 Å². The molecular formula is C23H23NO2. The third-order valence-corrected chi connectivity index (χ3v) is 4.26. The Morgan fingerprint density at radius 2 is 1.35 bits per heavy atom. The molecular weight excluding hydrogens is 322 g/mol. The van der Waals surface area contributed by atoms with Gasteiger partial charge in [0, 0.05) is 0 Å². The zero-order valence-electron chi connectivity index (χ0n) is 15.1. The van der Waals surface area contributed by atoms with E-state index in [1.54, 1.807) is 6.92 Å². The van der Waals surface area contributed by atoms with Crippen LogP contribution in [0.1, 0.15) is 29.7 Å². The Balaban J connectivity index is 1.79. The standard InChI is InChI=1S/C23H23NO2/c1-17-13-15-20(16-14-17)22(19-9-5-3-6-10-19)24-23(25)18(2)26-21-11-7-4-8-12-21/h3-16,18,22H,1-2H3,(H,24,25). The Labute approximate surface area is 154 Å². The molecule has 3 aromatic rings. The maximum absolute atomic E-state index is 12.7. The molecule has 2 atom stereocenters. The summed E-state index contributed by atoms with van der Waals surface area (Å²) in [5.74, 6) is 0.532. The van der Waals surface area contributed by atoms with E-state index >= 15 is 0 Å². The molecule has 132 valence electrons. The highest BCUT2D eigenvalue weighted by atomic mass is 16.5. The predicted octanol–water partition coefficient (Wildman–Crippen LogP) is 4.67. The van der Waals surface area contributed by atoms with Gasteiger partial charge in [-0.2, -0.15) is 0 Å². The molecule has 0 spiro atoms. The molecule has 0 aliphatic carbocycles. The van der Waals surface area contributed by atoms with E-state index in [0.717, 1.165) is 11.1 Å². The van der Waals surface area contributed by atoms with E-state index < -0.39 is 6.10 Å². The number of hydrogen-bond acceptors (Lipinski definition) is 2. The van der Waals surface area contributed by atoms with E-state index in [2.05, 4.69) is 36.5 Å². The van der Waals surface area contributed by atoms with Gasteiger partial charge < -0.3 is 10.1 Å². The first-order valence-corrected chi connectivity index (χ1v) is 8.77. The Hall–Kier alpha value is -3.07. The normalized spacial score (nSPS) is 12.8. The molecule has 1 N–H and O–H groups in total. The molecule has 3 heteroatoms. The van der Waals surface area contributed by atoms with E-state index in [9.17, 15) is 4.79 Å². The molecule has 0 bridgehead atoms. The third-order valence-electron chi connectivity index (χ3n) is 4.26. The van der Waals surface area contributed by atoms with Crippen molar-refractivity contribution < 1.29 is 9.53 Å². The summed E-state index contributed by atoms with van der Waals surface area (Å²) in [6.45, 7) is 3.81. The number of hydrogen-bond donors (Lipinski definition) is 1. The fourth-order valence-electron chi connectivity index (χ4n) is 2.78. The molecule has 0 aromatic heterocycles. The van der Waals surface area contributed by atoms with Crippen LogP contribution in [0.15, 0.2) is 84.9 Å². The minimum atomic E-state index is -0.589. The molecule has 3 rings (SSSR count). The molecule has 3 aromatic carbocycles. The lowest BCUT2D eigenvalue weighted by Gasteiger charge is -2.23. The van der Waals surface area contributed by atoms with Crippen LogP contribution in [0.3, 0.4) is 0 Å². The number of rotatable bonds is 6. The van der Waals surface area contributed by atoms with Crippen LogP contribution in [0.25, 0.3) is 0 Å². The molecule has 2 unspecified atom stereocenters. The number of aryl methyl sites for hydroxylation is 1. The lowest BCUT2D eigenvalue weighted by Crippen LogP contribution is -2.39. The van der Waals surface area contributed by atoms with Crippen molar-refractivity contribution in [2.75, 3.05) is 0 Å². The molecule has 0 radical (unpaired) electrons. The highest BCUT2D eigenvalue weighted by molar-refractivity contribution is 5.81. The van der Waals surface area contributed by atoms with Gasteiger partial charge in [-0.25, -0.2) is 0 Å².